The second-order valence-electron chi connectivity index (χ2n) is 18.9. The highest BCUT2D eigenvalue weighted by Gasteiger charge is 2.28. The molecule has 0 spiro atoms. The minimum absolute atomic E-state index is 0.547. The summed E-state index contributed by atoms with van der Waals surface area (Å²) in [5.74, 6) is 0. The number of furan rings is 2. The highest BCUT2D eigenvalue weighted by molar-refractivity contribution is 6.27. The maximum absolute atomic E-state index is 10.4. The fraction of sp³-hybridized carbons (Fsp3) is 0.0294. The van der Waals surface area contributed by atoms with Crippen LogP contribution in [0.1, 0.15) is 18.4 Å². The molecule has 346 valence electrons. The SMILES string of the molecule is N#CC1=CC(N(c2cc3cc(N(c4cccc(C#N)c4)c4cccc5c4oc4c(-c6ccccc6)cccc45)c4ccccc4c3c3ccccc23)c2cccc3c2oc2c(-c4ccccc4)cccc23)=CCC1. The average Bonchev–Trinajstić information content (AvgIpc) is 4.09. The molecule has 14 rings (SSSR count). The Morgan fingerprint density at radius 1 is 0.392 bits per heavy atom. The first-order valence-electron chi connectivity index (χ1n) is 24.9. The molecule has 11 aromatic carbocycles. The fourth-order valence-corrected chi connectivity index (χ4v) is 11.4. The van der Waals surface area contributed by atoms with Crippen LogP contribution in [0.5, 0.6) is 0 Å². The molecule has 0 fully saturated rings. The highest BCUT2D eigenvalue weighted by Crippen LogP contribution is 2.51. The summed E-state index contributed by atoms with van der Waals surface area (Å²) < 4.78 is 14.3. The van der Waals surface area contributed by atoms with Crippen molar-refractivity contribution in [2.24, 2.45) is 0 Å². The van der Waals surface area contributed by atoms with E-state index in [0.717, 1.165) is 145 Å². The van der Waals surface area contributed by atoms with Crippen molar-refractivity contribution in [1.29, 1.82) is 10.5 Å². The van der Waals surface area contributed by atoms with Crippen LogP contribution in [-0.4, -0.2) is 0 Å². The Hall–Kier alpha value is -10.1. The van der Waals surface area contributed by atoms with E-state index in [1.807, 2.05) is 36.4 Å². The van der Waals surface area contributed by atoms with E-state index in [4.69, 9.17) is 8.83 Å². The van der Waals surface area contributed by atoms with Gasteiger partial charge in [0.2, 0.25) is 0 Å². The molecule has 0 bridgehead atoms. The van der Waals surface area contributed by atoms with Gasteiger partial charge in [-0.25, -0.2) is 0 Å². The van der Waals surface area contributed by atoms with Gasteiger partial charge in [0.25, 0.3) is 0 Å². The largest absolute Gasteiger partial charge is 0.453 e. The molecule has 0 saturated carbocycles. The smallest absolute Gasteiger partial charge is 0.159 e. The van der Waals surface area contributed by atoms with E-state index in [2.05, 4.69) is 216 Å². The van der Waals surface area contributed by atoms with Gasteiger partial charge in [0.1, 0.15) is 11.2 Å². The van der Waals surface area contributed by atoms with Crippen molar-refractivity contribution in [1.82, 2.24) is 0 Å². The van der Waals surface area contributed by atoms with E-state index < -0.39 is 0 Å². The van der Waals surface area contributed by atoms with Gasteiger partial charge in [-0.15, -0.1) is 0 Å². The van der Waals surface area contributed by atoms with Gasteiger partial charge in [0.05, 0.1) is 40.5 Å². The normalized spacial score (nSPS) is 12.6. The summed E-state index contributed by atoms with van der Waals surface area (Å²) in [6, 6.07) is 80.8. The molecule has 2 heterocycles. The number of hydrogen-bond donors (Lipinski definition) is 0. The first-order chi connectivity index (χ1) is 36.6. The lowest BCUT2D eigenvalue weighted by Gasteiger charge is -2.31. The molecule has 0 N–H and O–H groups in total. The van der Waals surface area contributed by atoms with Crippen molar-refractivity contribution >= 4 is 105 Å². The topological polar surface area (TPSA) is 80.3 Å². The summed E-state index contributed by atoms with van der Waals surface area (Å²) in [6.45, 7) is 0. The lowest BCUT2D eigenvalue weighted by molar-refractivity contribution is 0.669. The first-order valence-corrected chi connectivity index (χ1v) is 24.9. The molecule has 0 atom stereocenters. The Bertz CT molecular complexity index is 4590. The Balaban J connectivity index is 1.06. The summed E-state index contributed by atoms with van der Waals surface area (Å²) in [5.41, 5.74) is 13.9. The number of anilines is 5. The van der Waals surface area contributed by atoms with Crippen LogP contribution in [0.25, 0.3) is 98.4 Å². The zero-order chi connectivity index (χ0) is 49.3. The van der Waals surface area contributed by atoms with Crippen molar-refractivity contribution in [2.75, 3.05) is 9.80 Å². The maximum atomic E-state index is 10.4. The van der Waals surface area contributed by atoms with Crippen LogP contribution in [0, 0.1) is 22.7 Å². The molecule has 0 radical (unpaired) electrons. The number of para-hydroxylation sites is 4. The summed E-state index contributed by atoms with van der Waals surface area (Å²) >= 11 is 0. The van der Waals surface area contributed by atoms with E-state index in [0.29, 0.717) is 12.0 Å². The molecule has 0 saturated heterocycles. The molecule has 6 nitrogen and oxygen atoms in total. The lowest BCUT2D eigenvalue weighted by Crippen LogP contribution is -2.18. The molecule has 2 aromatic heterocycles. The van der Waals surface area contributed by atoms with E-state index in [-0.39, 0.29) is 0 Å². The monoisotopic (exact) mass is 946 g/mol. The first kappa shape index (κ1) is 42.7. The van der Waals surface area contributed by atoms with Crippen molar-refractivity contribution < 1.29 is 8.83 Å². The van der Waals surface area contributed by atoms with Crippen molar-refractivity contribution in [3.8, 4) is 34.4 Å². The lowest BCUT2D eigenvalue weighted by atomic mass is 9.92. The third-order valence-corrected chi connectivity index (χ3v) is 14.7. The maximum Gasteiger partial charge on any atom is 0.159 e. The molecule has 6 heteroatoms. The van der Waals surface area contributed by atoms with Crippen molar-refractivity contribution in [3.05, 3.63) is 247 Å². The van der Waals surface area contributed by atoms with Crippen LogP contribution in [0.15, 0.2) is 251 Å². The van der Waals surface area contributed by atoms with Gasteiger partial charge >= 0.3 is 0 Å². The summed E-state index contributed by atoms with van der Waals surface area (Å²) in [4.78, 5) is 4.56. The fourth-order valence-electron chi connectivity index (χ4n) is 11.4. The van der Waals surface area contributed by atoms with E-state index in [9.17, 15) is 10.5 Å². The van der Waals surface area contributed by atoms with Gasteiger partial charge in [0, 0.05) is 60.4 Å². The minimum atomic E-state index is 0.547. The molecular weight excluding hydrogens is 905 g/mol. The number of fused-ring (bicyclic) bond motifs is 11. The van der Waals surface area contributed by atoms with Gasteiger partial charge in [-0.1, -0.05) is 182 Å². The predicted octanol–water partition coefficient (Wildman–Crippen LogP) is 18.9. The third kappa shape index (κ3) is 6.78. The van der Waals surface area contributed by atoms with Crippen LogP contribution in [0.3, 0.4) is 0 Å². The molecule has 0 amide bonds. The van der Waals surface area contributed by atoms with Gasteiger partial charge in [-0.2, -0.15) is 10.5 Å². The van der Waals surface area contributed by atoms with Crippen LogP contribution >= 0.6 is 0 Å². The summed E-state index contributed by atoms with van der Waals surface area (Å²) in [7, 11) is 0. The molecule has 0 aliphatic heterocycles. The summed E-state index contributed by atoms with van der Waals surface area (Å²) in [6.07, 6.45) is 5.66. The molecule has 74 heavy (non-hydrogen) atoms. The van der Waals surface area contributed by atoms with Gasteiger partial charge in [-0.3, -0.25) is 0 Å². The van der Waals surface area contributed by atoms with Crippen LogP contribution in [-0.2, 0) is 0 Å². The quantitative estimate of drug-likeness (QED) is 0.141. The zero-order valence-electron chi connectivity index (χ0n) is 40.0. The Kier molecular flexibility index (Phi) is 10.00. The Morgan fingerprint density at radius 2 is 0.865 bits per heavy atom. The van der Waals surface area contributed by atoms with E-state index in [1.165, 1.54) is 0 Å². The van der Waals surface area contributed by atoms with Crippen molar-refractivity contribution in [2.45, 2.75) is 12.8 Å². The van der Waals surface area contributed by atoms with Crippen molar-refractivity contribution in [3.63, 3.8) is 0 Å². The molecule has 1 aliphatic carbocycles. The number of nitrogens with zero attached hydrogens (tertiary/aromatic N) is 4. The number of hydrogen-bond acceptors (Lipinski definition) is 6. The molecule has 1 aliphatic rings. The highest BCUT2D eigenvalue weighted by atomic mass is 16.3. The van der Waals surface area contributed by atoms with Crippen LogP contribution < -0.4 is 9.80 Å². The Morgan fingerprint density at radius 3 is 1.42 bits per heavy atom. The number of benzene rings is 11. The van der Waals surface area contributed by atoms with E-state index in [1.54, 1.807) is 0 Å². The van der Waals surface area contributed by atoms with E-state index >= 15 is 0 Å². The second-order valence-corrected chi connectivity index (χ2v) is 18.9. The van der Waals surface area contributed by atoms with Crippen LogP contribution in [0.2, 0.25) is 0 Å². The summed E-state index contributed by atoms with van der Waals surface area (Å²) in [5, 5.41) is 31.2. The second kappa shape index (κ2) is 17.3. The van der Waals surface area contributed by atoms with Gasteiger partial charge < -0.3 is 18.6 Å². The minimum Gasteiger partial charge on any atom is -0.453 e. The zero-order valence-corrected chi connectivity index (χ0v) is 40.0. The van der Waals surface area contributed by atoms with Gasteiger partial charge in [0.15, 0.2) is 11.2 Å². The standard InChI is InChI=1S/C68H42N4O2/c69-41-43-17-11-23-48(37-43)71(60-35-15-33-58-56-31-13-29-50(65(56)73-67(58)60)45-19-3-1-4-20-45)62-39-47-40-63(53-26-8-10-28-55(53)64(47)54-27-9-7-25-52(54)62)72(49-24-12-18-44(38-49)42-70)61-36-16-34-59-57-32-14-30-51(66(57)74-68(59)61)46-21-5-2-6-22-46/h1-11,13-17,19-40H,12,18H2. The van der Waals surface area contributed by atoms with Gasteiger partial charge in [-0.05, 0) is 94.1 Å². The van der Waals surface area contributed by atoms with Crippen LogP contribution in [0.4, 0.5) is 28.4 Å². The third-order valence-electron chi connectivity index (χ3n) is 14.7. The number of nitriles is 2. The molecule has 0 unspecified atom stereocenters. The molecule has 13 aromatic rings. The average molecular weight is 947 g/mol. The number of rotatable bonds is 8. The Labute approximate surface area is 426 Å². The number of allylic oxidation sites excluding steroid dienone is 3. The molecular formula is C68H42N4O2. The predicted molar refractivity (Wildman–Crippen MR) is 303 cm³/mol.